The van der Waals surface area contributed by atoms with Crippen LogP contribution in [-0.2, 0) is 6.54 Å². The number of aromatic nitrogens is 1. The molecule has 0 atom stereocenters. The molecular weight excluding hydrogens is 315 g/mol. The first-order chi connectivity index (χ1) is 9.63. The Balaban J connectivity index is 1.64. The van der Waals surface area contributed by atoms with Crippen molar-refractivity contribution < 1.29 is 4.79 Å². The standard InChI is InChI=1S/C14H12Cl2N2OS/c15-9-3-4-12(16)11(5-9)13(19)17-6-10-7-20-14(18-10)8-1-2-8/h3-5,7-8H,1-2,6H2,(H,17,19). The summed E-state index contributed by atoms with van der Waals surface area (Å²) in [7, 11) is 0. The lowest BCUT2D eigenvalue weighted by molar-refractivity contribution is 0.0950. The van der Waals surface area contributed by atoms with E-state index >= 15 is 0 Å². The third-order valence-electron chi connectivity index (χ3n) is 3.10. The van der Waals surface area contributed by atoms with Gasteiger partial charge in [0, 0.05) is 16.3 Å². The molecular formula is C14H12Cl2N2OS. The Morgan fingerprint density at radius 3 is 2.95 bits per heavy atom. The summed E-state index contributed by atoms with van der Waals surface area (Å²) in [5, 5.41) is 6.87. The average Bonchev–Trinajstić information content (AvgIpc) is 3.18. The van der Waals surface area contributed by atoms with E-state index in [2.05, 4.69) is 10.3 Å². The molecule has 2 aromatic rings. The van der Waals surface area contributed by atoms with E-state index in [0.717, 1.165) is 5.69 Å². The normalized spacial score (nSPS) is 14.3. The minimum Gasteiger partial charge on any atom is -0.346 e. The van der Waals surface area contributed by atoms with E-state index in [1.807, 2.05) is 5.38 Å². The lowest BCUT2D eigenvalue weighted by Gasteiger charge is -2.05. The summed E-state index contributed by atoms with van der Waals surface area (Å²) in [5.41, 5.74) is 1.28. The molecule has 0 radical (unpaired) electrons. The summed E-state index contributed by atoms with van der Waals surface area (Å²) in [6.07, 6.45) is 2.47. The van der Waals surface area contributed by atoms with Gasteiger partial charge in [-0.3, -0.25) is 4.79 Å². The summed E-state index contributed by atoms with van der Waals surface area (Å²) < 4.78 is 0. The maximum absolute atomic E-state index is 12.1. The zero-order valence-electron chi connectivity index (χ0n) is 10.5. The van der Waals surface area contributed by atoms with Gasteiger partial charge in [0.15, 0.2) is 0 Å². The number of amides is 1. The third kappa shape index (κ3) is 3.14. The summed E-state index contributed by atoms with van der Waals surface area (Å²) >= 11 is 13.5. The van der Waals surface area contributed by atoms with Crippen molar-refractivity contribution in [1.29, 1.82) is 0 Å². The van der Waals surface area contributed by atoms with Crippen LogP contribution in [0.5, 0.6) is 0 Å². The number of benzene rings is 1. The predicted molar refractivity (Wildman–Crippen MR) is 81.7 cm³/mol. The maximum atomic E-state index is 12.1. The number of hydrogen-bond acceptors (Lipinski definition) is 3. The van der Waals surface area contributed by atoms with Gasteiger partial charge >= 0.3 is 0 Å². The Kier molecular flexibility index (Phi) is 3.96. The van der Waals surface area contributed by atoms with Gasteiger partial charge in [0.05, 0.1) is 27.8 Å². The largest absolute Gasteiger partial charge is 0.346 e. The van der Waals surface area contributed by atoms with Crippen molar-refractivity contribution >= 4 is 40.4 Å². The molecule has 20 heavy (non-hydrogen) atoms. The second-order valence-electron chi connectivity index (χ2n) is 4.76. The number of hydrogen-bond donors (Lipinski definition) is 1. The minimum atomic E-state index is -0.238. The number of nitrogens with zero attached hydrogens (tertiary/aromatic N) is 1. The highest BCUT2D eigenvalue weighted by atomic mass is 35.5. The van der Waals surface area contributed by atoms with Gasteiger partial charge in [0.25, 0.3) is 5.91 Å². The fraction of sp³-hybridized carbons (Fsp3) is 0.286. The van der Waals surface area contributed by atoms with Crippen molar-refractivity contribution in [2.45, 2.75) is 25.3 Å². The van der Waals surface area contributed by atoms with Crippen LogP contribution < -0.4 is 5.32 Å². The molecule has 1 N–H and O–H groups in total. The third-order valence-corrected chi connectivity index (χ3v) is 4.72. The van der Waals surface area contributed by atoms with Crippen LogP contribution in [-0.4, -0.2) is 10.9 Å². The monoisotopic (exact) mass is 326 g/mol. The summed E-state index contributed by atoms with van der Waals surface area (Å²) in [4.78, 5) is 16.6. The van der Waals surface area contributed by atoms with Crippen LogP contribution >= 0.6 is 34.5 Å². The molecule has 1 fully saturated rings. The Morgan fingerprint density at radius 1 is 1.40 bits per heavy atom. The number of nitrogens with one attached hydrogen (secondary N) is 1. The fourth-order valence-corrected chi connectivity index (χ4v) is 3.23. The quantitative estimate of drug-likeness (QED) is 0.912. The summed E-state index contributed by atoms with van der Waals surface area (Å²) in [5.74, 6) is 0.408. The smallest absolute Gasteiger partial charge is 0.253 e. The molecule has 0 bridgehead atoms. The molecule has 0 aliphatic heterocycles. The number of rotatable bonds is 4. The van der Waals surface area contributed by atoms with Crippen molar-refractivity contribution in [2.24, 2.45) is 0 Å². The van der Waals surface area contributed by atoms with Gasteiger partial charge in [0.1, 0.15) is 0 Å². The van der Waals surface area contributed by atoms with Crippen molar-refractivity contribution in [3.05, 3.63) is 49.9 Å². The summed E-state index contributed by atoms with van der Waals surface area (Å²) in [6.45, 7) is 0.408. The zero-order chi connectivity index (χ0) is 14.1. The first-order valence-electron chi connectivity index (χ1n) is 6.31. The van der Waals surface area contributed by atoms with Gasteiger partial charge < -0.3 is 5.32 Å². The molecule has 1 saturated carbocycles. The van der Waals surface area contributed by atoms with Crippen molar-refractivity contribution in [1.82, 2.24) is 10.3 Å². The van der Waals surface area contributed by atoms with Crippen molar-refractivity contribution in [3.8, 4) is 0 Å². The van der Waals surface area contributed by atoms with E-state index in [1.165, 1.54) is 17.8 Å². The van der Waals surface area contributed by atoms with Crippen LogP contribution in [0.4, 0.5) is 0 Å². The van der Waals surface area contributed by atoms with Crippen LogP contribution in [0.1, 0.15) is 39.8 Å². The average molecular weight is 327 g/mol. The first kappa shape index (κ1) is 13.9. The Labute approximate surface area is 130 Å². The van der Waals surface area contributed by atoms with Crippen LogP contribution in [0.25, 0.3) is 0 Å². The van der Waals surface area contributed by atoms with Gasteiger partial charge in [-0.05, 0) is 31.0 Å². The van der Waals surface area contributed by atoms with Crippen LogP contribution in [0.3, 0.4) is 0 Å². The number of thiazole rings is 1. The summed E-state index contributed by atoms with van der Waals surface area (Å²) in [6, 6.07) is 4.84. The topological polar surface area (TPSA) is 42.0 Å². The van der Waals surface area contributed by atoms with Crippen molar-refractivity contribution in [2.75, 3.05) is 0 Å². The molecule has 1 aromatic heterocycles. The lowest BCUT2D eigenvalue weighted by Crippen LogP contribution is -2.23. The molecule has 0 spiro atoms. The van der Waals surface area contributed by atoms with E-state index in [-0.39, 0.29) is 5.91 Å². The number of halogens is 2. The van der Waals surface area contributed by atoms with Gasteiger partial charge in [-0.15, -0.1) is 11.3 Å². The van der Waals surface area contributed by atoms with E-state index in [1.54, 1.807) is 29.5 Å². The molecule has 1 aliphatic rings. The predicted octanol–water partition coefficient (Wildman–Crippen LogP) is 4.26. The van der Waals surface area contributed by atoms with Gasteiger partial charge in [-0.1, -0.05) is 23.2 Å². The van der Waals surface area contributed by atoms with E-state index in [4.69, 9.17) is 23.2 Å². The number of carbonyl (C=O) groups is 1. The molecule has 6 heteroatoms. The SMILES string of the molecule is O=C(NCc1csc(C2CC2)n1)c1cc(Cl)ccc1Cl. The highest BCUT2D eigenvalue weighted by molar-refractivity contribution is 7.09. The van der Waals surface area contributed by atoms with E-state index < -0.39 is 0 Å². The van der Waals surface area contributed by atoms with Crippen LogP contribution in [0.2, 0.25) is 10.0 Å². The molecule has 0 saturated heterocycles. The molecule has 1 aliphatic carbocycles. The lowest BCUT2D eigenvalue weighted by atomic mass is 10.2. The molecule has 3 nitrogen and oxygen atoms in total. The van der Waals surface area contributed by atoms with Gasteiger partial charge in [-0.2, -0.15) is 0 Å². The van der Waals surface area contributed by atoms with Crippen LogP contribution in [0, 0.1) is 0 Å². The van der Waals surface area contributed by atoms with E-state index in [9.17, 15) is 4.79 Å². The Hall–Kier alpha value is -1.10. The van der Waals surface area contributed by atoms with Gasteiger partial charge in [-0.25, -0.2) is 4.98 Å². The second kappa shape index (κ2) is 5.72. The minimum absolute atomic E-state index is 0.238. The molecule has 1 aromatic carbocycles. The zero-order valence-corrected chi connectivity index (χ0v) is 12.9. The molecule has 104 valence electrons. The molecule has 1 heterocycles. The molecule has 1 amide bonds. The van der Waals surface area contributed by atoms with E-state index in [0.29, 0.717) is 28.1 Å². The Morgan fingerprint density at radius 2 is 2.20 bits per heavy atom. The van der Waals surface area contributed by atoms with Crippen LogP contribution in [0.15, 0.2) is 23.6 Å². The van der Waals surface area contributed by atoms with Crippen molar-refractivity contribution in [3.63, 3.8) is 0 Å². The fourth-order valence-electron chi connectivity index (χ4n) is 1.86. The second-order valence-corrected chi connectivity index (χ2v) is 6.49. The molecule has 3 rings (SSSR count). The Bertz CT molecular complexity index is 652. The highest BCUT2D eigenvalue weighted by Gasteiger charge is 2.26. The maximum Gasteiger partial charge on any atom is 0.253 e. The first-order valence-corrected chi connectivity index (χ1v) is 7.94. The highest BCUT2D eigenvalue weighted by Crippen LogP contribution is 2.41. The molecule has 0 unspecified atom stereocenters. The number of carbonyl (C=O) groups excluding carboxylic acids is 1. The van der Waals surface area contributed by atoms with Gasteiger partial charge in [0.2, 0.25) is 0 Å².